The van der Waals surface area contributed by atoms with Crippen LogP contribution in [0.3, 0.4) is 0 Å². The molecule has 1 heterocycles. The van der Waals surface area contributed by atoms with Crippen molar-refractivity contribution in [1.82, 2.24) is 5.32 Å². The zero-order chi connectivity index (χ0) is 10.2. The van der Waals surface area contributed by atoms with Crippen LogP contribution in [0, 0.1) is 12.8 Å². The largest absolute Gasteiger partial charge is 0.316 e. The molecule has 1 N–H and O–H groups in total. The Kier molecular flexibility index (Phi) is 5.31. The number of rotatable bonds is 0. The topological polar surface area (TPSA) is 12.0 Å². The minimum absolute atomic E-state index is 0.925. The summed E-state index contributed by atoms with van der Waals surface area (Å²) in [4.78, 5) is 0. The van der Waals surface area contributed by atoms with Crippen LogP contribution in [0.25, 0.3) is 0 Å². The van der Waals surface area contributed by atoms with Crippen molar-refractivity contribution in [1.29, 1.82) is 0 Å². The molecule has 1 saturated heterocycles. The van der Waals surface area contributed by atoms with E-state index in [0.717, 1.165) is 5.92 Å². The molecule has 0 aromatic heterocycles. The Bertz CT molecular complexity index is 224. The van der Waals surface area contributed by atoms with E-state index in [-0.39, 0.29) is 0 Å². The van der Waals surface area contributed by atoms with Gasteiger partial charge in [-0.1, -0.05) is 42.8 Å². The normalized spacial score (nSPS) is 20.9. The van der Waals surface area contributed by atoms with Crippen molar-refractivity contribution < 1.29 is 0 Å². The Labute approximate surface area is 87.5 Å². The zero-order valence-corrected chi connectivity index (χ0v) is 9.29. The SMILES string of the molecule is CC1CCCNC1.Cc1ccccc1. The lowest BCUT2D eigenvalue weighted by molar-refractivity contribution is 0.405. The monoisotopic (exact) mass is 191 g/mol. The van der Waals surface area contributed by atoms with Crippen molar-refractivity contribution in [3.63, 3.8) is 0 Å². The summed E-state index contributed by atoms with van der Waals surface area (Å²) in [7, 11) is 0. The minimum Gasteiger partial charge on any atom is -0.316 e. The summed E-state index contributed by atoms with van der Waals surface area (Å²) in [6.45, 7) is 6.86. The van der Waals surface area contributed by atoms with Gasteiger partial charge in [-0.15, -0.1) is 0 Å². The van der Waals surface area contributed by atoms with Crippen molar-refractivity contribution in [2.24, 2.45) is 5.92 Å². The number of aryl methyl sites for hydroxylation is 1. The van der Waals surface area contributed by atoms with Crippen LogP contribution < -0.4 is 5.32 Å². The Balaban J connectivity index is 0.000000140. The second kappa shape index (κ2) is 6.61. The molecule has 0 bridgehead atoms. The molecule has 2 rings (SSSR count). The van der Waals surface area contributed by atoms with E-state index in [9.17, 15) is 0 Å². The molecular weight excluding hydrogens is 170 g/mol. The van der Waals surface area contributed by atoms with Gasteiger partial charge in [0.05, 0.1) is 0 Å². The van der Waals surface area contributed by atoms with Gasteiger partial charge in [-0.05, 0) is 38.8 Å². The summed E-state index contributed by atoms with van der Waals surface area (Å²) in [5.41, 5.74) is 1.32. The number of hydrogen-bond donors (Lipinski definition) is 1. The Morgan fingerprint density at radius 2 is 1.93 bits per heavy atom. The van der Waals surface area contributed by atoms with Gasteiger partial charge in [0.25, 0.3) is 0 Å². The molecule has 1 unspecified atom stereocenters. The predicted molar refractivity (Wildman–Crippen MR) is 62.4 cm³/mol. The molecule has 1 aliphatic rings. The van der Waals surface area contributed by atoms with E-state index >= 15 is 0 Å². The van der Waals surface area contributed by atoms with E-state index in [1.165, 1.54) is 31.5 Å². The summed E-state index contributed by atoms with van der Waals surface area (Å²) in [5, 5.41) is 3.33. The maximum Gasteiger partial charge on any atom is -0.00231 e. The Morgan fingerprint density at radius 3 is 2.21 bits per heavy atom. The van der Waals surface area contributed by atoms with Crippen LogP contribution in [0.4, 0.5) is 0 Å². The maximum atomic E-state index is 3.33. The van der Waals surface area contributed by atoms with E-state index in [2.05, 4.69) is 31.3 Å². The van der Waals surface area contributed by atoms with Gasteiger partial charge in [0.15, 0.2) is 0 Å². The van der Waals surface area contributed by atoms with Gasteiger partial charge < -0.3 is 5.32 Å². The summed E-state index contributed by atoms with van der Waals surface area (Å²) in [5.74, 6) is 0.925. The molecule has 1 nitrogen and oxygen atoms in total. The van der Waals surface area contributed by atoms with E-state index in [4.69, 9.17) is 0 Å². The van der Waals surface area contributed by atoms with Crippen LogP contribution in [0.15, 0.2) is 30.3 Å². The van der Waals surface area contributed by atoms with Crippen LogP contribution in [0.2, 0.25) is 0 Å². The highest BCUT2D eigenvalue weighted by atomic mass is 14.9. The highest BCUT2D eigenvalue weighted by molar-refractivity contribution is 5.11. The van der Waals surface area contributed by atoms with Gasteiger partial charge in [-0.25, -0.2) is 0 Å². The molecule has 0 spiro atoms. The van der Waals surface area contributed by atoms with Crippen molar-refractivity contribution >= 4 is 0 Å². The number of hydrogen-bond acceptors (Lipinski definition) is 1. The predicted octanol–water partition coefficient (Wildman–Crippen LogP) is 3.00. The first-order chi connectivity index (χ1) is 6.79. The molecule has 0 radical (unpaired) electrons. The van der Waals surface area contributed by atoms with E-state index in [1.807, 2.05) is 18.2 Å². The third-order valence-corrected chi connectivity index (χ3v) is 2.48. The third-order valence-electron chi connectivity index (χ3n) is 2.48. The van der Waals surface area contributed by atoms with Crippen LogP contribution in [-0.4, -0.2) is 13.1 Å². The van der Waals surface area contributed by atoms with E-state index < -0.39 is 0 Å². The molecule has 1 aromatic rings. The van der Waals surface area contributed by atoms with Gasteiger partial charge in [0, 0.05) is 0 Å². The zero-order valence-electron chi connectivity index (χ0n) is 9.29. The number of benzene rings is 1. The molecule has 1 aliphatic heterocycles. The van der Waals surface area contributed by atoms with Gasteiger partial charge in [-0.3, -0.25) is 0 Å². The van der Waals surface area contributed by atoms with Crippen LogP contribution in [0.5, 0.6) is 0 Å². The minimum atomic E-state index is 0.925. The quantitative estimate of drug-likeness (QED) is 0.664. The van der Waals surface area contributed by atoms with Crippen LogP contribution in [0.1, 0.15) is 25.3 Å². The van der Waals surface area contributed by atoms with Crippen molar-refractivity contribution in [2.75, 3.05) is 13.1 Å². The average molecular weight is 191 g/mol. The molecule has 0 aliphatic carbocycles. The van der Waals surface area contributed by atoms with Crippen molar-refractivity contribution in [3.8, 4) is 0 Å². The molecule has 1 atom stereocenters. The first-order valence-electron chi connectivity index (χ1n) is 5.51. The highest BCUT2D eigenvalue weighted by Gasteiger charge is 2.04. The standard InChI is InChI=1S/C7H8.C6H13N/c1-7-5-3-2-4-6-7;1-6-3-2-4-7-5-6/h2-6H,1H3;6-7H,2-5H2,1H3. The van der Waals surface area contributed by atoms with E-state index in [0.29, 0.717) is 0 Å². The summed E-state index contributed by atoms with van der Waals surface area (Å²) >= 11 is 0. The molecule has 78 valence electrons. The molecule has 14 heavy (non-hydrogen) atoms. The third kappa shape index (κ3) is 5.03. The lowest BCUT2D eigenvalue weighted by Crippen LogP contribution is -2.27. The second-order valence-electron chi connectivity index (χ2n) is 4.11. The fraction of sp³-hybridized carbons (Fsp3) is 0.538. The lowest BCUT2D eigenvalue weighted by Gasteiger charge is -2.17. The maximum absolute atomic E-state index is 3.33. The Hall–Kier alpha value is -0.820. The molecule has 1 aromatic carbocycles. The molecular formula is C13H21N. The van der Waals surface area contributed by atoms with Gasteiger partial charge >= 0.3 is 0 Å². The first-order valence-corrected chi connectivity index (χ1v) is 5.51. The van der Waals surface area contributed by atoms with Crippen molar-refractivity contribution in [3.05, 3.63) is 35.9 Å². The number of nitrogens with one attached hydrogen (secondary N) is 1. The second-order valence-corrected chi connectivity index (χ2v) is 4.11. The smallest absolute Gasteiger partial charge is 0.00231 e. The molecule has 0 saturated carbocycles. The fourth-order valence-corrected chi connectivity index (χ4v) is 1.56. The van der Waals surface area contributed by atoms with Crippen LogP contribution in [-0.2, 0) is 0 Å². The lowest BCUT2D eigenvalue weighted by atomic mass is 10.0. The summed E-state index contributed by atoms with van der Waals surface area (Å²) in [6, 6.07) is 10.3. The van der Waals surface area contributed by atoms with Gasteiger partial charge in [0.2, 0.25) is 0 Å². The molecule has 0 amide bonds. The van der Waals surface area contributed by atoms with E-state index in [1.54, 1.807) is 0 Å². The average Bonchev–Trinajstić information content (AvgIpc) is 2.21. The summed E-state index contributed by atoms with van der Waals surface area (Å²) < 4.78 is 0. The van der Waals surface area contributed by atoms with Gasteiger partial charge in [-0.2, -0.15) is 0 Å². The first kappa shape index (κ1) is 11.3. The Morgan fingerprint density at radius 1 is 1.21 bits per heavy atom. The fourth-order valence-electron chi connectivity index (χ4n) is 1.56. The summed E-state index contributed by atoms with van der Waals surface area (Å²) in [6.07, 6.45) is 2.80. The number of piperidine rings is 1. The molecule has 1 heteroatoms. The molecule has 1 fully saturated rings. The van der Waals surface area contributed by atoms with Crippen molar-refractivity contribution in [2.45, 2.75) is 26.7 Å². The highest BCUT2D eigenvalue weighted by Crippen LogP contribution is 2.06. The van der Waals surface area contributed by atoms with Crippen LogP contribution >= 0.6 is 0 Å². The van der Waals surface area contributed by atoms with Gasteiger partial charge in [0.1, 0.15) is 0 Å².